The van der Waals surface area contributed by atoms with Gasteiger partial charge < -0.3 is 19.7 Å². The average molecular weight is 718 g/mol. The van der Waals surface area contributed by atoms with Crippen LogP contribution in [0.4, 0.5) is 5.69 Å². The molecule has 0 aromatic heterocycles. The van der Waals surface area contributed by atoms with Gasteiger partial charge in [-0.15, -0.1) is 0 Å². The van der Waals surface area contributed by atoms with Crippen molar-refractivity contribution in [3.63, 3.8) is 0 Å². The fourth-order valence-electron chi connectivity index (χ4n) is 6.46. The number of hydrogen-bond acceptors (Lipinski definition) is 6. The maximum Gasteiger partial charge on any atom is 0.264 e. The number of anilines is 1. The topological polar surface area (TPSA) is 105 Å². The zero-order valence-corrected chi connectivity index (χ0v) is 30.5. The lowest BCUT2D eigenvalue weighted by atomic mass is 10.0. The van der Waals surface area contributed by atoms with E-state index in [1.807, 2.05) is 56.3 Å². The summed E-state index contributed by atoms with van der Waals surface area (Å²) in [6, 6.07) is 25.4. The molecule has 9 nitrogen and oxygen atoms in total. The van der Waals surface area contributed by atoms with Crippen LogP contribution in [0.5, 0.6) is 11.5 Å². The summed E-state index contributed by atoms with van der Waals surface area (Å²) >= 11 is 6.63. The van der Waals surface area contributed by atoms with Gasteiger partial charge in [0, 0.05) is 30.1 Å². The van der Waals surface area contributed by atoms with Gasteiger partial charge in [-0.2, -0.15) is 0 Å². The van der Waals surface area contributed by atoms with Crippen LogP contribution in [0.15, 0.2) is 95.9 Å². The second-order valence-electron chi connectivity index (χ2n) is 12.7. The van der Waals surface area contributed by atoms with E-state index in [0.29, 0.717) is 22.0 Å². The van der Waals surface area contributed by atoms with Crippen molar-refractivity contribution in [3.8, 4) is 11.5 Å². The summed E-state index contributed by atoms with van der Waals surface area (Å²) in [6.45, 7) is 3.15. The molecule has 4 aromatic carbocycles. The molecule has 1 atom stereocenters. The number of hydrogen-bond donors (Lipinski definition) is 1. The summed E-state index contributed by atoms with van der Waals surface area (Å²) in [5, 5.41) is 3.63. The van der Waals surface area contributed by atoms with Gasteiger partial charge in [0.1, 0.15) is 12.6 Å². The number of carbonyl (C=O) groups is 2. The molecule has 1 aliphatic carbocycles. The molecular formula is C39H44ClN3O6S. The molecule has 5 rings (SSSR count). The van der Waals surface area contributed by atoms with Crippen molar-refractivity contribution < 1.29 is 27.5 Å². The standard InChI is InChI=1S/C39H44ClN3O6S/c1-27-20-28(2)22-32(21-27)43(50(46,47)33-18-19-36(48-3)37(24-33)49-4)26-38(44)42(25-30-14-8-11-17-34(30)40)35(23-29-12-6-5-7-13-29)39(45)41-31-15-9-10-16-31/h5-8,11-14,17-22,24,31,35H,9-10,15-16,23,25-26H2,1-4H3,(H,41,45)/t35-/m0/s1. The van der Waals surface area contributed by atoms with Gasteiger partial charge in [-0.3, -0.25) is 13.9 Å². The van der Waals surface area contributed by atoms with Gasteiger partial charge in [-0.05, 0) is 79.3 Å². The number of aryl methyl sites for hydroxylation is 2. The highest BCUT2D eigenvalue weighted by molar-refractivity contribution is 7.92. The lowest BCUT2D eigenvalue weighted by molar-refractivity contribution is -0.140. The second-order valence-corrected chi connectivity index (χ2v) is 15.0. The van der Waals surface area contributed by atoms with E-state index in [0.717, 1.165) is 46.7 Å². The van der Waals surface area contributed by atoms with Crippen molar-refractivity contribution in [1.29, 1.82) is 0 Å². The van der Waals surface area contributed by atoms with Crippen LogP contribution in [-0.4, -0.2) is 58.0 Å². The van der Waals surface area contributed by atoms with E-state index in [1.165, 1.54) is 37.3 Å². The van der Waals surface area contributed by atoms with E-state index in [9.17, 15) is 18.0 Å². The molecule has 1 aliphatic rings. The molecule has 0 aliphatic heterocycles. The van der Waals surface area contributed by atoms with Gasteiger partial charge in [0.25, 0.3) is 10.0 Å². The SMILES string of the molecule is COc1ccc(S(=O)(=O)N(CC(=O)N(Cc2ccccc2Cl)[C@@H](Cc2ccccc2)C(=O)NC2CCCC2)c2cc(C)cc(C)c2)cc1OC. The van der Waals surface area contributed by atoms with Gasteiger partial charge in [-0.25, -0.2) is 8.42 Å². The Hall–Kier alpha value is -4.54. The molecule has 1 fully saturated rings. The number of methoxy groups -OCH3 is 2. The van der Waals surface area contributed by atoms with Crippen molar-refractivity contribution in [2.75, 3.05) is 25.1 Å². The number of halogens is 1. The minimum absolute atomic E-state index is 0.00874. The maximum absolute atomic E-state index is 14.8. The third kappa shape index (κ3) is 8.78. The number of amides is 2. The molecule has 0 spiro atoms. The Morgan fingerprint density at radius 1 is 0.860 bits per heavy atom. The number of nitrogens with zero attached hydrogens (tertiary/aromatic N) is 2. The largest absolute Gasteiger partial charge is 0.493 e. The molecule has 4 aromatic rings. The quantitative estimate of drug-likeness (QED) is 0.153. The fourth-order valence-corrected chi connectivity index (χ4v) is 8.07. The average Bonchev–Trinajstić information content (AvgIpc) is 3.62. The van der Waals surface area contributed by atoms with Crippen LogP contribution in [-0.2, 0) is 32.6 Å². The van der Waals surface area contributed by atoms with Crippen LogP contribution in [0.25, 0.3) is 0 Å². The Kier molecular flexibility index (Phi) is 12.1. The van der Waals surface area contributed by atoms with Crippen molar-refractivity contribution >= 4 is 39.1 Å². The van der Waals surface area contributed by atoms with E-state index in [4.69, 9.17) is 21.1 Å². The Labute approximate surface area is 300 Å². The predicted octanol–water partition coefficient (Wildman–Crippen LogP) is 6.87. The van der Waals surface area contributed by atoms with Gasteiger partial charge in [-0.1, -0.05) is 79.0 Å². The van der Waals surface area contributed by atoms with Crippen LogP contribution in [0.2, 0.25) is 5.02 Å². The van der Waals surface area contributed by atoms with Crippen molar-refractivity contribution in [3.05, 3.63) is 118 Å². The Balaban J connectivity index is 1.61. The Morgan fingerprint density at radius 2 is 1.50 bits per heavy atom. The molecular weight excluding hydrogens is 674 g/mol. The first-order chi connectivity index (χ1) is 24.0. The molecule has 0 heterocycles. The summed E-state index contributed by atoms with van der Waals surface area (Å²) in [6.07, 6.45) is 4.01. The number of nitrogens with one attached hydrogen (secondary N) is 1. The highest BCUT2D eigenvalue weighted by Crippen LogP contribution is 2.33. The molecule has 1 N–H and O–H groups in total. The van der Waals surface area contributed by atoms with E-state index in [-0.39, 0.29) is 35.6 Å². The minimum Gasteiger partial charge on any atom is -0.493 e. The molecule has 264 valence electrons. The van der Waals surface area contributed by atoms with Crippen LogP contribution in [0, 0.1) is 13.8 Å². The molecule has 0 bridgehead atoms. The number of carbonyl (C=O) groups excluding carboxylic acids is 2. The summed E-state index contributed by atoms with van der Waals surface area (Å²) in [4.78, 5) is 30.4. The van der Waals surface area contributed by atoms with Crippen LogP contribution in [0.3, 0.4) is 0 Å². The normalized spacial score (nSPS) is 13.8. The summed E-state index contributed by atoms with van der Waals surface area (Å²) in [7, 11) is -1.46. The second kappa shape index (κ2) is 16.4. The fraction of sp³-hybridized carbons (Fsp3) is 0.333. The smallest absolute Gasteiger partial charge is 0.264 e. The molecule has 11 heteroatoms. The zero-order chi connectivity index (χ0) is 35.8. The molecule has 2 amide bonds. The summed E-state index contributed by atoms with van der Waals surface area (Å²) in [5.74, 6) is -0.256. The van der Waals surface area contributed by atoms with Crippen molar-refractivity contribution in [1.82, 2.24) is 10.2 Å². The first-order valence-corrected chi connectivity index (χ1v) is 18.5. The number of ether oxygens (including phenoxy) is 2. The lowest BCUT2D eigenvalue weighted by Gasteiger charge is -2.34. The van der Waals surface area contributed by atoms with Gasteiger partial charge in [0.15, 0.2) is 11.5 Å². The van der Waals surface area contributed by atoms with Crippen LogP contribution in [0.1, 0.15) is 47.9 Å². The minimum atomic E-state index is -4.35. The number of benzene rings is 4. The zero-order valence-electron chi connectivity index (χ0n) is 28.9. The summed E-state index contributed by atoms with van der Waals surface area (Å²) < 4.78 is 41.0. The Bertz CT molecular complexity index is 1890. The third-order valence-corrected chi connectivity index (χ3v) is 11.1. The lowest BCUT2D eigenvalue weighted by Crippen LogP contribution is -2.54. The van der Waals surface area contributed by atoms with Crippen molar-refractivity contribution in [2.45, 2.75) is 69.5 Å². The van der Waals surface area contributed by atoms with Gasteiger partial charge in [0.05, 0.1) is 24.8 Å². The third-order valence-electron chi connectivity index (χ3n) is 8.99. The molecule has 0 saturated heterocycles. The highest BCUT2D eigenvalue weighted by atomic mass is 35.5. The predicted molar refractivity (Wildman–Crippen MR) is 196 cm³/mol. The number of sulfonamides is 1. The highest BCUT2D eigenvalue weighted by Gasteiger charge is 2.36. The van der Waals surface area contributed by atoms with E-state index >= 15 is 0 Å². The van der Waals surface area contributed by atoms with Gasteiger partial charge in [0.2, 0.25) is 11.8 Å². The molecule has 0 radical (unpaired) electrons. The van der Waals surface area contributed by atoms with E-state index in [2.05, 4.69) is 5.32 Å². The van der Waals surface area contributed by atoms with Crippen LogP contribution < -0.4 is 19.1 Å². The van der Waals surface area contributed by atoms with Crippen LogP contribution >= 0.6 is 11.6 Å². The van der Waals surface area contributed by atoms with Crippen molar-refractivity contribution in [2.24, 2.45) is 0 Å². The van der Waals surface area contributed by atoms with Gasteiger partial charge >= 0.3 is 0 Å². The monoisotopic (exact) mass is 717 g/mol. The Morgan fingerprint density at radius 3 is 2.14 bits per heavy atom. The van der Waals surface area contributed by atoms with E-state index in [1.54, 1.807) is 30.3 Å². The molecule has 1 saturated carbocycles. The van der Waals surface area contributed by atoms with E-state index < -0.39 is 28.5 Å². The first kappa shape index (κ1) is 36.7. The summed E-state index contributed by atoms with van der Waals surface area (Å²) in [5.41, 5.74) is 3.46. The first-order valence-electron chi connectivity index (χ1n) is 16.7. The maximum atomic E-state index is 14.8. The molecule has 50 heavy (non-hydrogen) atoms. The molecule has 0 unspecified atom stereocenters. The number of rotatable bonds is 14.